The van der Waals surface area contributed by atoms with E-state index in [0.29, 0.717) is 6.61 Å². The highest BCUT2D eigenvalue weighted by Gasteiger charge is 2.41. The summed E-state index contributed by atoms with van der Waals surface area (Å²) >= 11 is 0. The van der Waals surface area contributed by atoms with Crippen LogP contribution in [0.4, 0.5) is 0 Å². The van der Waals surface area contributed by atoms with Crippen molar-refractivity contribution in [1.82, 2.24) is 0 Å². The fraction of sp³-hybridized carbons (Fsp3) is 0.368. The van der Waals surface area contributed by atoms with Gasteiger partial charge in [0, 0.05) is 5.41 Å². The van der Waals surface area contributed by atoms with E-state index in [0.717, 1.165) is 6.42 Å². The Balaban J connectivity index is 2.05. The highest BCUT2D eigenvalue weighted by molar-refractivity contribution is 5.86. The van der Waals surface area contributed by atoms with Gasteiger partial charge in [0.05, 0.1) is 19.3 Å². The van der Waals surface area contributed by atoms with E-state index in [-0.39, 0.29) is 18.1 Å². The minimum atomic E-state index is -0.294. The molecule has 0 radical (unpaired) electrons. The van der Waals surface area contributed by atoms with Crippen molar-refractivity contribution in [2.75, 3.05) is 13.2 Å². The number of hydrogen-bond acceptors (Lipinski definition) is 2. The molecule has 1 heterocycles. The molecule has 2 nitrogen and oxygen atoms in total. The standard InChI is InChI=1S/C19H22O2/c1-14(2)10-16-11-19(12-20,13-21-16)18-9-5-7-15-6-3-4-8-17(15)18/h3-10,16,20H,11-13H2,1-2H3/t16-,19-/m1/s1. The van der Waals surface area contributed by atoms with Crippen LogP contribution in [0.1, 0.15) is 25.8 Å². The van der Waals surface area contributed by atoms with E-state index in [4.69, 9.17) is 4.74 Å². The molecular weight excluding hydrogens is 260 g/mol. The first-order valence-electron chi connectivity index (χ1n) is 7.50. The third-order valence-electron chi connectivity index (χ3n) is 4.35. The van der Waals surface area contributed by atoms with Gasteiger partial charge in [0.2, 0.25) is 0 Å². The fourth-order valence-electron chi connectivity index (χ4n) is 3.32. The molecule has 0 saturated carbocycles. The molecule has 1 N–H and O–H groups in total. The van der Waals surface area contributed by atoms with Gasteiger partial charge in [0.25, 0.3) is 0 Å². The van der Waals surface area contributed by atoms with Gasteiger partial charge in [-0.2, -0.15) is 0 Å². The number of ether oxygens (including phenoxy) is 1. The van der Waals surface area contributed by atoms with Gasteiger partial charge in [0.15, 0.2) is 0 Å². The van der Waals surface area contributed by atoms with E-state index in [1.54, 1.807) is 0 Å². The van der Waals surface area contributed by atoms with Crippen LogP contribution in [0.3, 0.4) is 0 Å². The molecule has 2 atom stereocenters. The van der Waals surface area contributed by atoms with Crippen LogP contribution in [-0.2, 0) is 10.2 Å². The topological polar surface area (TPSA) is 29.5 Å². The number of fused-ring (bicyclic) bond motifs is 1. The van der Waals surface area contributed by atoms with E-state index in [2.05, 4.69) is 62.4 Å². The van der Waals surface area contributed by atoms with Gasteiger partial charge in [-0.1, -0.05) is 54.1 Å². The van der Waals surface area contributed by atoms with Crippen LogP contribution in [-0.4, -0.2) is 24.4 Å². The minimum Gasteiger partial charge on any atom is -0.395 e. The van der Waals surface area contributed by atoms with Gasteiger partial charge in [0.1, 0.15) is 0 Å². The summed E-state index contributed by atoms with van der Waals surface area (Å²) in [5.74, 6) is 0. The molecular formula is C19H22O2. The number of aliphatic hydroxyl groups excluding tert-OH is 1. The van der Waals surface area contributed by atoms with Crippen molar-refractivity contribution in [2.24, 2.45) is 0 Å². The summed E-state index contributed by atoms with van der Waals surface area (Å²) < 4.78 is 5.94. The maximum atomic E-state index is 10.1. The summed E-state index contributed by atoms with van der Waals surface area (Å²) in [6, 6.07) is 14.7. The van der Waals surface area contributed by atoms with Crippen LogP contribution in [0.5, 0.6) is 0 Å². The van der Waals surface area contributed by atoms with Gasteiger partial charge >= 0.3 is 0 Å². The van der Waals surface area contributed by atoms with Crippen LogP contribution in [0.25, 0.3) is 10.8 Å². The maximum Gasteiger partial charge on any atom is 0.0768 e. The lowest BCUT2D eigenvalue weighted by atomic mass is 9.77. The third kappa shape index (κ3) is 2.61. The van der Waals surface area contributed by atoms with Crippen molar-refractivity contribution in [1.29, 1.82) is 0 Å². The van der Waals surface area contributed by atoms with E-state index in [9.17, 15) is 5.11 Å². The fourth-order valence-corrected chi connectivity index (χ4v) is 3.32. The van der Waals surface area contributed by atoms with Gasteiger partial charge < -0.3 is 9.84 Å². The van der Waals surface area contributed by atoms with Gasteiger partial charge in [-0.25, -0.2) is 0 Å². The lowest BCUT2D eigenvalue weighted by Gasteiger charge is -2.27. The SMILES string of the molecule is CC(C)=C[C@@H]1C[C@](CO)(c2cccc3ccccc23)CO1. The monoisotopic (exact) mass is 282 g/mol. The summed E-state index contributed by atoms with van der Waals surface area (Å²) in [6.07, 6.45) is 3.09. The highest BCUT2D eigenvalue weighted by atomic mass is 16.5. The molecule has 0 bridgehead atoms. The molecule has 2 aromatic rings. The lowest BCUT2D eigenvalue weighted by molar-refractivity contribution is 0.117. The zero-order chi connectivity index (χ0) is 14.9. The third-order valence-corrected chi connectivity index (χ3v) is 4.35. The van der Waals surface area contributed by atoms with E-state index in [1.807, 2.05) is 0 Å². The molecule has 0 aromatic heterocycles. The van der Waals surface area contributed by atoms with Gasteiger partial charge in [-0.15, -0.1) is 0 Å². The van der Waals surface area contributed by atoms with Crippen LogP contribution in [0.2, 0.25) is 0 Å². The zero-order valence-corrected chi connectivity index (χ0v) is 12.7. The maximum absolute atomic E-state index is 10.1. The number of hydrogen-bond donors (Lipinski definition) is 1. The molecule has 2 aromatic carbocycles. The zero-order valence-electron chi connectivity index (χ0n) is 12.7. The van der Waals surface area contributed by atoms with Crippen molar-refractivity contribution in [2.45, 2.75) is 31.8 Å². The smallest absolute Gasteiger partial charge is 0.0768 e. The summed E-state index contributed by atoms with van der Waals surface area (Å²) in [4.78, 5) is 0. The predicted molar refractivity (Wildman–Crippen MR) is 86.5 cm³/mol. The molecule has 110 valence electrons. The van der Waals surface area contributed by atoms with Crippen molar-refractivity contribution < 1.29 is 9.84 Å². The number of aliphatic hydroxyl groups is 1. The van der Waals surface area contributed by atoms with Crippen LogP contribution in [0.15, 0.2) is 54.1 Å². The van der Waals surface area contributed by atoms with Crippen molar-refractivity contribution in [3.05, 3.63) is 59.7 Å². The Bertz CT molecular complexity index is 665. The Morgan fingerprint density at radius 3 is 2.76 bits per heavy atom. The largest absolute Gasteiger partial charge is 0.395 e. The Morgan fingerprint density at radius 2 is 2.00 bits per heavy atom. The molecule has 21 heavy (non-hydrogen) atoms. The van der Waals surface area contributed by atoms with Crippen molar-refractivity contribution in [3.63, 3.8) is 0 Å². The quantitative estimate of drug-likeness (QED) is 0.867. The summed E-state index contributed by atoms with van der Waals surface area (Å²) in [5, 5.41) is 12.5. The average Bonchev–Trinajstić information content (AvgIpc) is 2.90. The molecule has 2 heteroatoms. The molecule has 3 rings (SSSR count). The van der Waals surface area contributed by atoms with E-state index >= 15 is 0 Å². The van der Waals surface area contributed by atoms with Crippen LogP contribution >= 0.6 is 0 Å². The highest BCUT2D eigenvalue weighted by Crippen LogP contribution is 2.40. The van der Waals surface area contributed by atoms with Crippen molar-refractivity contribution >= 4 is 10.8 Å². The second-order valence-corrected chi connectivity index (χ2v) is 6.26. The molecule has 0 spiro atoms. The summed E-state index contributed by atoms with van der Waals surface area (Å²) in [7, 11) is 0. The predicted octanol–water partition coefficient (Wildman–Crippen LogP) is 3.83. The van der Waals surface area contributed by atoms with Gasteiger partial charge in [-0.3, -0.25) is 0 Å². The van der Waals surface area contributed by atoms with Crippen LogP contribution in [0, 0.1) is 0 Å². The summed E-state index contributed by atoms with van der Waals surface area (Å²) in [6.45, 7) is 4.86. The lowest BCUT2D eigenvalue weighted by Crippen LogP contribution is -2.31. The first-order valence-corrected chi connectivity index (χ1v) is 7.50. The Labute approximate surface area is 126 Å². The molecule has 1 fully saturated rings. The summed E-state index contributed by atoms with van der Waals surface area (Å²) in [5.41, 5.74) is 2.16. The molecule has 1 aliphatic rings. The van der Waals surface area contributed by atoms with E-state index < -0.39 is 0 Å². The first-order chi connectivity index (χ1) is 10.1. The molecule has 1 aliphatic heterocycles. The average molecular weight is 282 g/mol. The Kier molecular flexibility index (Phi) is 3.83. The van der Waals surface area contributed by atoms with Gasteiger partial charge in [-0.05, 0) is 36.6 Å². The molecule has 0 aliphatic carbocycles. The number of allylic oxidation sites excluding steroid dienone is 1. The number of rotatable bonds is 3. The van der Waals surface area contributed by atoms with Crippen molar-refractivity contribution in [3.8, 4) is 0 Å². The molecule has 0 unspecified atom stereocenters. The second-order valence-electron chi connectivity index (χ2n) is 6.26. The normalized spacial score (nSPS) is 25.2. The Morgan fingerprint density at radius 1 is 1.24 bits per heavy atom. The Hall–Kier alpha value is -1.64. The second kappa shape index (κ2) is 5.63. The van der Waals surface area contributed by atoms with E-state index in [1.165, 1.54) is 21.9 Å². The first kappa shape index (κ1) is 14.3. The molecule has 0 amide bonds. The van der Waals surface area contributed by atoms with Crippen LogP contribution < -0.4 is 0 Å². The number of benzene rings is 2. The minimum absolute atomic E-state index is 0.0983. The molecule has 1 saturated heterocycles.